The zero-order valence-corrected chi connectivity index (χ0v) is 30.3. The molecule has 11 heteroatoms. The lowest BCUT2D eigenvalue weighted by Gasteiger charge is -2.43. The van der Waals surface area contributed by atoms with Gasteiger partial charge in [0.15, 0.2) is 0 Å². The monoisotopic (exact) mass is 732 g/mol. The summed E-state index contributed by atoms with van der Waals surface area (Å²) in [5, 5.41) is 27.9. The highest BCUT2D eigenvalue weighted by Crippen LogP contribution is 2.31. The van der Waals surface area contributed by atoms with E-state index in [0.29, 0.717) is 54.4 Å². The van der Waals surface area contributed by atoms with Crippen molar-refractivity contribution in [3.05, 3.63) is 136 Å². The summed E-state index contributed by atoms with van der Waals surface area (Å²) in [6, 6.07) is 31.3. The third-order valence-electron chi connectivity index (χ3n) is 10.4. The first-order valence-corrected chi connectivity index (χ1v) is 18.8. The van der Waals surface area contributed by atoms with Crippen molar-refractivity contribution in [1.29, 1.82) is 0 Å². The molecule has 5 aromatic rings. The number of H-pyrrole nitrogens is 1. The molecule has 11 nitrogen and oxygen atoms in total. The number of benzene rings is 4. The van der Waals surface area contributed by atoms with Crippen molar-refractivity contribution in [1.82, 2.24) is 20.5 Å². The molecule has 0 spiro atoms. The van der Waals surface area contributed by atoms with E-state index in [0.717, 1.165) is 67.8 Å². The Labute approximate surface area is 314 Å². The number of phenols is 1. The molecule has 3 aliphatic rings. The summed E-state index contributed by atoms with van der Waals surface area (Å²) < 4.78 is 18.2. The summed E-state index contributed by atoms with van der Waals surface area (Å²) in [5.74, 6) is 1.86. The minimum Gasteiger partial charge on any atom is -0.506 e. The molecule has 0 saturated carbocycles. The zero-order valence-electron chi connectivity index (χ0n) is 30.3. The quantitative estimate of drug-likeness (QED) is 0.0749. The Morgan fingerprint density at radius 2 is 1.65 bits per heavy atom. The highest BCUT2D eigenvalue weighted by Gasteiger charge is 2.37. The molecule has 3 fully saturated rings. The van der Waals surface area contributed by atoms with Crippen LogP contribution in [0.15, 0.2) is 108 Å². The van der Waals surface area contributed by atoms with Gasteiger partial charge in [-0.2, -0.15) is 0 Å². The van der Waals surface area contributed by atoms with E-state index in [-0.39, 0.29) is 17.4 Å². The zero-order chi connectivity index (χ0) is 37.3. The third-order valence-corrected chi connectivity index (χ3v) is 10.4. The topological polar surface area (TPSA) is 145 Å². The minimum absolute atomic E-state index is 0.0315. The Hall–Kier alpha value is -5.36. The number of hydrogen-bond donors (Lipinski definition) is 5. The summed E-state index contributed by atoms with van der Waals surface area (Å²) >= 11 is 0. The van der Waals surface area contributed by atoms with Gasteiger partial charge in [-0.1, -0.05) is 60.7 Å². The van der Waals surface area contributed by atoms with Crippen molar-refractivity contribution in [3.8, 4) is 17.2 Å². The summed E-state index contributed by atoms with van der Waals surface area (Å²) in [6.45, 7) is 4.91. The van der Waals surface area contributed by atoms with Gasteiger partial charge in [-0.25, -0.2) is 4.79 Å². The molecule has 8 rings (SSSR count). The van der Waals surface area contributed by atoms with E-state index in [1.807, 2.05) is 78.9 Å². The number of rotatable bonds is 16. The van der Waals surface area contributed by atoms with Crippen molar-refractivity contribution in [2.75, 3.05) is 39.3 Å². The number of aromatic amines is 1. The molecule has 4 aromatic carbocycles. The van der Waals surface area contributed by atoms with Crippen molar-refractivity contribution in [2.45, 2.75) is 50.5 Å². The van der Waals surface area contributed by atoms with Gasteiger partial charge in [0.25, 0.3) is 0 Å². The lowest BCUT2D eigenvalue weighted by atomic mass is 9.86. The smallest absolute Gasteiger partial charge is 0.408 e. The normalized spacial score (nSPS) is 18.9. The Morgan fingerprint density at radius 1 is 0.870 bits per heavy atom. The second kappa shape index (κ2) is 17.6. The lowest BCUT2D eigenvalue weighted by Crippen LogP contribution is -2.52. The molecule has 5 N–H and O–H groups in total. The van der Waals surface area contributed by atoms with Crippen LogP contribution in [0.4, 0.5) is 4.79 Å². The van der Waals surface area contributed by atoms with Crippen LogP contribution in [0.3, 0.4) is 0 Å². The highest BCUT2D eigenvalue weighted by molar-refractivity contribution is 5.87. The first-order valence-electron chi connectivity index (χ1n) is 18.8. The Kier molecular flexibility index (Phi) is 12.1. The SMILES string of the molecule is O=C(NC(c1ccccc1)c1cccc(OCc2cccc(OCCCCNCC(O)c3ccc(O)c4[nH]c(=O)ccc34)c2)c1)OC1CN2CCC1CC2. The maximum Gasteiger partial charge on any atom is 0.408 e. The van der Waals surface area contributed by atoms with Crippen LogP contribution in [0.2, 0.25) is 0 Å². The van der Waals surface area contributed by atoms with Crippen LogP contribution in [0.5, 0.6) is 17.2 Å². The minimum atomic E-state index is -0.798. The van der Waals surface area contributed by atoms with E-state index in [1.54, 1.807) is 12.1 Å². The standard InChI is InChI=1S/C43H48N4O7/c48-37-16-14-35(36-15-17-40(50)45-42(36)37)38(49)26-44-20-4-5-23-52-33-12-6-8-29(24-33)28-53-34-13-7-11-32(25-34)41(31-9-2-1-3-10-31)46-43(51)54-39-27-47-21-18-30(39)19-22-47/h1-3,6-17,24-25,30,38-39,41,44,48-49H,4-5,18-23,26-28H2,(H,45,50)(H,46,51). The molecule has 3 aliphatic heterocycles. The average molecular weight is 733 g/mol. The van der Waals surface area contributed by atoms with Gasteiger partial charge in [-0.05, 0) is 110 Å². The van der Waals surface area contributed by atoms with Crippen LogP contribution in [0.1, 0.15) is 60.1 Å². The summed E-state index contributed by atoms with van der Waals surface area (Å²) in [4.78, 5) is 29.9. The molecule has 0 radical (unpaired) electrons. The fraction of sp³-hybridized carbons (Fsp3) is 0.349. The first kappa shape index (κ1) is 37.0. The number of ether oxygens (including phenoxy) is 3. The predicted molar refractivity (Wildman–Crippen MR) is 207 cm³/mol. The summed E-state index contributed by atoms with van der Waals surface area (Å²) in [5.41, 5.74) is 3.47. The number of nitrogens with one attached hydrogen (secondary N) is 3. The molecule has 3 saturated heterocycles. The molecule has 1 aromatic heterocycles. The molecule has 54 heavy (non-hydrogen) atoms. The molecule has 3 unspecified atom stereocenters. The van der Waals surface area contributed by atoms with Gasteiger partial charge in [0.05, 0.1) is 24.3 Å². The fourth-order valence-corrected chi connectivity index (χ4v) is 7.45. The molecule has 4 heterocycles. The van der Waals surface area contributed by atoms with Crippen molar-refractivity contribution in [3.63, 3.8) is 0 Å². The number of unbranched alkanes of at least 4 members (excludes halogenated alkanes) is 1. The number of alkyl carbamates (subject to hydrolysis) is 1. The number of carbonyl (C=O) groups excluding carboxylic acids is 1. The molecule has 0 aliphatic carbocycles. The van der Waals surface area contributed by atoms with Gasteiger partial charge >= 0.3 is 6.09 Å². The number of amides is 1. The number of aliphatic hydroxyl groups excluding tert-OH is 1. The number of fused-ring (bicyclic) bond motifs is 4. The van der Waals surface area contributed by atoms with Gasteiger partial charge in [-0.3, -0.25) is 9.69 Å². The molecule has 3 atom stereocenters. The van der Waals surface area contributed by atoms with E-state index >= 15 is 0 Å². The number of phenolic OH excluding ortho intramolecular Hbond substituents is 1. The van der Waals surface area contributed by atoms with E-state index in [4.69, 9.17) is 14.2 Å². The van der Waals surface area contributed by atoms with Crippen LogP contribution < -0.4 is 25.7 Å². The number of hydrogen-bond acceptors (Lipinski definition) is 9. The van der Waals surface area contributed by atoms with Crippen molar-refractivity contribution >= 4 is 17.0 Å². The van der Waals surface area contributed by atoms with Crippen molar-refractivity contribution in [2.24, 2.45) is 5.92 Å². The van der Waals surface area contributed by atoms with Crippen LogP contribution >= 0.6 is 0 Å². The van der Waals surface area contributed by atoms with E-state index < -0.39 is 18.2 Å². The molecular formula is C43H48N4O7. The lowest BCUT2D eigenvalue weighted by molar-refractivity contribution is -0.0336. The molecule has 1 amide bonds. The summed E-state index contributed by atoms with van der Waals surface area (Å²) in [6.07, 6.45) is 2.56. The number of pyridine rings is 1. The number of aliphatic hydroxyl groups is 1. The van der Waals surface area contributed by atoms with E-state index in [2.05, 4.69) is 20.5 Å². The Bertz CT molecular complexity index is 2060. The number of carbonyl (C=O) groups is 1. The van der Waals surface area contributed by atoms with Crippen molar-refractivity contribution < 1.29 is 29.2 Å². The Balaban J connectivity index is 0.867. The second-order valence-corrected chi connectivity index (χ2v) is 14.1. The molecular weight excluding hydrogens is 684 g/mol. The van der Waals surface area contributed by atoms with Gasteiger partial charge in [-0.15, -0.1) is 0 Å². The summed E-state index contributed by atoms with van der Waals surface area (Å²) in [7, 11) is 0. The Morgan fingerprint density at radius 3 is 2.44 bits per heavy atom. The predicted octanol–water partition coefficient (Wildman–Crippen LogP) is 6.20. The van der Waals surface area contributed by atoms with Crippen LogP contribution in [0, 0.1) is 5.92 Å². The van der Waals surface area contributed by atoms with E-state index in [1.165, 1.54) is 12.1 Å². The van der Waals surface area contributed by atoms with Gasteiger partial charge in [0.1, 0.15) is 30.0 Å². The van der Waals surface area contributed by atoms with Crippen LogP contribution in [-0.2, 0) is 11.3 Å². The maximum atomic E-state index is 13.2. The number of piperidine rings is 3. The number of aromatic nitrogens is 1. The van der Waals surface area contributed by atoms with E-state index in [9.17, 15) is 19.8 Å². The number of nitrogens with zero attached hydrogens (tertiary/aromatic N) is 1. The third kappa shape index (κ3) is 9.40. The first-order chi connectivity index (χ1) is 26.4. The molecule has 2 bridgehead atoms. The highest BCUT2D eigenvalue weighted by atomic mass is 16.6. The van der Waals surface area contributed by atoms with Crippen LogP contribution in [-0.4, -0.2) is 71.6 Å². The largest absolute Gasteiger partial charge is 0.506 e. The number of aromatic hydroxyl groups is 1. The fourth-order valence-electron chi connectivity index (χ4n) is 7.45. The average Bonchev–Trinajstić information content (AvgIpc) is 3.20. The molecule has 282 valence electrons. The van der Waals surface area contributed by atoms with Crippen LogP contribution in [0.25, 0.3) is 10.9 Å². The second-order valence-electron chi connectivity index (χ2n) is 14.1. The van der Waals surface area contributed by atoms with Gasteiger partial charge in [0.2, 0.25) is 5.56 Å². The van der Waals surface area contributed by atoms with Gasteiger partial charge in [0, 0.05) is 24.5 Å². The van der Waals surface area contributed by atoms with Gasteiger partial charge < -0.3 is 40.0 Å². The maximum absolute atomic E-state index is 13.2.